The summed E-state index contributed by atoms with van der Waals surface area (Å²) in [6.07, 6.45) is 10.2. The van der Waals surface area contributed by atoms with E-state index in [0.29, 0.717) is 67.1 Å². The molecule has 0 radical (unpaired) electrons. The summed E-state index contributed by atoms with van der Waals surface area (Å²) in [4.78, 5) is 46.6. The Bertz CT molecular complexity index is 3150. The molecule has 9 aliphatic rings. The van der Waals surface area contributed by atoms with Crippen molar-refractivity contribution >= 4 is 27.5 Å². The van der Waals surface area contributed by atoms with Gasteiger partial charge < -0.3 is 24.0 Å². The van der Waals surface area contributed by atoms with Crippen LogP contribution in [0.3, 0.4) is 0 Å². The van der Waals surface area contributed by atoms with Crippen LogP contribution in [0.15, 0.2) is 42.5 Å². The number of nitrogens with zero attached hydrogens (tertiary/aromatic N) is 3. The highest BCUT2D eigenvalue weighted by atomic mass is 32.2. The highest BCUT2D eigenvalue weighted by Crippen LogP contribution is 2.72. The zero-order valence-electron chi connectivity index (χ0n) is 49.2. The summed E-state index contributed by atoms with van der Waals surface area (Å²) >= 11 is 0. The third-order valence-corrected chi connectivity index (χ3v) is 25.5. The molecule has 3 aliphatic heterocycles. The van der Waals surface area contributed by atoms with E-state index in [2.05, 4.69) is 120 Å². The van der Waals surface area contributed by atoms with Crippen molar-refractivity contribution < 1.29 is 45.3 Å². The number of likely N-dealkylation sites (N-methyl/N-ethyl adjacent to an activating group) is 3. The lowest BCUT2D eigenvalue weighted by atomic mass is 9.37. The molecule has 0 amide bonds. The van der Waals surface area contributed by atoms with Gasteiger partial charge in [0.15, 0.2) is 0 Å². The fraction of sp³-hybridized carbons (Fsp3) is 0.672. The van der Waals surface area contributed by atoms with E-state index in [1.165, 1.54) is 33.9 Å². The number of aryl methyl sites for hydroxylation is 1. The second-order valence-electron chi connectivity index (χ2n) is 28.0. The van der Waals surface area contributed by atoms with E-state index >= 15 is 0 Å². The van der Waals surface area contributed by atoms with Crippen molar-refractivity contribution in [3.05, 3.63) is 92.5 Å². The smallest absolute Gasteiger partial charge is 0.508 e. The summed E-state index contributed by atoms with van der Waals surface area (Å²) in [6, 6.07) is 14.9. The number of phenolic OH excluding ortho intramolecular Hbond substituents is 1. The molecule has 3 unspecified atom stereocenters. The first-order valence-electron chi connectivity index (χ1n) is 28.8. The Morgan fingerprint density at radius 1 is 0.526 bits per heavy atom. The third kappa shape index (κ3) is 7.08. The molecular weight excluding hydrogens is 1010 g/mol. The molecule has 0 aromatic heterocycles. The van der Waals surface area contributed by atoms with Crippen molar-refractivity contribution in [1.82, 2.24) is 14.7 Å². The number of halogens is 3. The van der Waals surface area contributed by atoms with E-state index in [1.54, 1.807) is 13.0 Å². The Balaban J connectivity index is 0.000000134. The van der Waals surface area contributed by atoms with Gasteiger partial charge in [0.1, 0.15) is 28.8 Å². The summed E-state index contributed by atoms with van der Waals surface area (Å²) in [5, 5.41) is 10.4. The summed E-state index contributed by atoms with van der Waals surface area (Å²) in [5.41, 5.74) is 2.37. The molecule has 10 nitrogen and oxygen atoms in total. The van der Waals surface area contributed by atoms with E-state index in [-0.39, 0.29) is 50.1 Å². The van der Waals surface area contributed by atoms with Gasteiger partial charge in [-0.15, -0.1) is 0 Å². The van der Waals surface area contributed by atoms with Crippen LogP contribution >= 0.6 is 0 Å². The molecule has 9 atom stereocenters. The van der Waals surface area contributed by atoms with Gasteiger partial charge in [-0.2, -0.15) is 21.6 Å². The molecule has 3 heterocycles. The number of piperidine rings is 3. The molecule has 1 N–H and O–H groups in total. The Kier molecular flexibility index (Phi) is 13.1. The van der Waals surface area contributed by atoms with Gasteiger partial charge in [0.2, 0.25) is 0 Å². The van der Waals surface area contributed by atoms with Gasteiger partial charge >= 0.3 is 15.6 Å². The SMILES string of the molecule is Cc1c(O)ccc2c1[C@]13CCN(C)[C@H](C2)C1(C)CCC(=O)C3(C)C.Cc1c(OS(=O)(=O)C(F)(F)F)ccc2c1[C@]13CCN(C)[C@H](C2)C1(C)CCC(=O)C3(C)C.Cc1cccc2c1[C@]13CCN(C)[C@H](C2)C1(C)CCC(=O)C3(C)C. The topological polar surface area (TPSA) is 125 Å². The van der Waals surface area contributed by atoms with Crippen LogP contribution in [-0.2, 0) is 60.0 Å². The number of phenols is 1. The number of carbonyl (C=O) groups is 3. The molecule has 14 heteroatoms. The van der Waals surface area contributed by atoms with E-state index in [9.17, 15) is 41.1 Å². The molecule has 6 aliphatic carbocycles. The number of hydrogen-bond acceptors (Lipinski definition) is 10. The summed E-state index contributed by atoms with van der Waals surface area (Å²) in [6.45, 7) is 28.5. The van der Waals surface area contributed by atoms with Crippen LogP contribution < -0.4 is 4.18 Å². The first-order valence-corrected chi connectivity index (χ1v) is 30.2. The van der Waals surface area contributed by atoms with Crippen molar-refractivity contribution in [2.45, 2.75) is 200 Å². The van der Waals surface area contributed by atoms with Crippen LogP contribution in [0.25, 0.3) is 0 Å². The number of fused-ring (bicyclic) bond motifs is 3. The number of carbonyl (C=O) groups excluding carboxylic acids is 3. The van der Waals surface area contributed by atoms with Crippen LogP contribution in [0.1, 0.15) is 170 Å². The highest BCUT2D eigenvalue weighted by Gasteiger charge is 2.73. The number of aromatic hydroxyl groups is 1. The van der Waals surface area contributed by atoms with E-state index in [0.717, 1.165) is 81.3 Å². The number of alkyl halides is 3. The average Bonchev–Trinajstić information content (AvgIpc) is 3.53. The monoisotopic (exact) mass is 1100 g/mol. The lowest BCUT2D eigenvalue weighted by Crippen LogP contribution is -2.72. The first kappa shape index (κ1) is 57.1. The molecule has 3 saturated carbocycles. The predicted octanol–water partition coefficient (Wildman–Crippen LogP) is 11.6. The maximum Gasteiger partial charge on any atom is 0.534 e. The van der Waals surface area contributed by atoms with Gasteiger partial charge in [-0.3, -0.25) is 14.4 Å². The number of likely N-dealkylation sites (tertiary alicyclic amines) is 3. The quantitative estimate of drug-likeness (QED) is 0.196. The van der Waals surface area contributed by atoms with Crippen LogP contribution in [0.5, 0.6) is 11.5 Å². The zero-order chi connectivity index (χ0) is 57.3. The molecule has 6 fully saturated rings. The van der Waals surface area contributed by atoms with Crippen molar-refractivity contribution in [3.63, 3.8) is 0 Å². The van der Waals surface area contributed by atoms with Gasteiger partial charge in [-0.25, -0.2) is 0 Å². The van der Waals surface area contributed by atoms with E-state index < -0.39 is 31.9 Å². The van der Waals surface area contributed by atoms with Crippen molar-refractivity contribution in [2.24, 2.45) is 32.5 Å². The first-order chi connectivity index (χ1) is 36.0. The van der Waals surface area contributed by atoms with Crippen LogP contribution in [-0.4, -0.2) is 110 Å². The standard InChI is InChI=1S/C22H28F3NO4S.C21H29NO2.C21H29NO/c1-13-15(30-31(28,29)22(23,24)25)7-6-14-12-16-20(4)9-8-17(27)19(2,3)21(20,18(13)14)10-11-26(16)5;1-13-15(23)7-6-14-12-16-20(4)9-8-17(24)19(2,3)21(20,18(13)14)10-11-22(16)5;1-14-7-6-8-15-13-16-20(4)10-9-17(23)19(2,3)21(20,18(14)15)11-12-22(16)5/h6-7,16H,8-12H2,1-5H3;6-7,16,23H,8-12H2,1-5H3;6-8,16H,9-13H2,1-5H3/t3*16-,20?,21+/m111/s1. The number of benzene rings is 3. The molecule has 3 saturated heterocycles. The van der Waals surface area contributed by atoms with E-state index in [4.69, 9.17) is 0 Å². The lowest BCUT2D eigenvalue weighted by molar-refractivity contribution is -0.163. The largest absolute Gasteiger partial charge is 0.534 e. The Morgan fingerprint density at radius 2 is 0.885 bits per heavy atom. The minimum atomic E-state index is -5.79. The molecular formula is C64H86F3N3O7S. The van der Waals surface area contributed by atoms with Gasteiger partial charge in [-0.1, -0.05) is 92.6 Å². The zero-order valence-corrected chi connectivity index (χ0v) is 50.0. The van der Waals surface area contributed by atoms with Crippen LogP contribution in [0, 0.1) is 53.3 Å². The average molecular weight is 1100 g/mol. The molecule has 0 spiro atoms. The molecule has 12 rings (SSSR count). The normalized spacial score (nSPS) is 36.1. The highest BCUT2D eigenvalue weighted by molar-refractivity contribution is 7.88. The fourth-order valence-electron chi connectivity index (χ4n) is 20.4. The fourth-order valence-corrected chi connectivity index (χ4v) is 20.9. The maximum atomic E-state index is 13.2. The van der Waals surface area contributed by atoms with Crippen LogP contribution in [0.2, 0.25) is 0 Å². The Hall–Kier alpha value is -4.11. The Labute approximate surface area is 462 Å². The maximum absolute atomic E-state index is 13.2. The van der Waals surface area contributed by atoms with Gasteiger partial charge in [-0.05, 0) is 198 Å². The molecule has 3 aromatic carbocycles. The second kappa shape index (κ2) is 17.9. The van der Waals surface area contributed by atoms with Gasteiger partial charge in [0.05, 0.1) is 0 Å². The van der Waals surface area contributed by atoms with Gasteiger partial charge in [0, 0.05) is 69.9 Å². The van der Waals surface area contributed by atoms with E-state index in [1.807, 2.05) is 26.8 Å². The van der Waals surface area contributed by atoms with Crippen LogP contribution in [0.4, 0.5) is 13.2 Å². The predicted molar refractivity (Wildman–Crippen MR) is 298 cm³/mol. The van der Waals surface area contributed by atoms with Gasteiger partial charge in [0.25, 0.3) is 0 Å². The van der Waals surface area contributed by atoms with Crippen molar-refractivity contribution in [1.29, 1.82) is 0 Å². The third-order valence-electron chi connectivity index (χ3n) is 24.5. The minimum Gasteiger partial charge on any atom is -0.508 e. The number of hydrogen-bond donors (Lipinski definition) is 1. The van der Waals surface area contributed by atoms with Crippen molar-refractivity contribution in [3.8, 4) is 11.5 Å². The van der Waals surface area contributed by atoms with Crippen molar-refractivity contribution in [2.75, 3.05) is 40.8 Å². The number of ketones is 3. The molecule has 78 heavy (non-hydrogen) atoms. The lowest BCUT2D eigenvalue weighted by Gasteiger charge is -2.69. The number of rotatable bonds is 2. The molecule has 3 aromatic rings. The summed E-state index contributed by atoms with van der Waals surface area (Å²) < 4.78 is 66.9. The second-order valence-corrected chi connectivity index (χ2v) is 29.6. The summed E-state index contributed by atoms with van der Waals surface area (Å²) in [5.74, 6) is 1.04. The molecule has 426 valence electrons. The molecule has 6 bridgehead atoms. The minimum absolute atomic E-state index is 0.00850. The Morgan fingerprint density at radius 3 is 1.28 bits per heavy atom. The summed E-state index contributed by atoms with van der Waals surface area (Å²) in [7, 11) is 0.806. The number of Topliss-reactive ketones (excluding diaryl/α,β-unsaturated/α-hetero) is 3.